The van der Waals surface area contributed by atoms with Gasteiger partial charge in [-0.1, -0.05) is 108 Å². The Labute approximate surface area is 211 Å². The molecule has 0 radical (unpaired) electrons. The summed E-state index contributed by atoms with van der Waals surface area (Å²) in [5, 5.41) is 13.9. The van der Waals surface area contributed by atoms with Crippen LogP contribution in [0, 0.1) is 27.7 Å². The second kappa shape index (κ2) is 13.4. The zero-order valence-electron chi connectivity index (χ0n) is 20.9. The summed E-state index contributed by atoms with van der Waals surface area (Å²) in [5.41, 5.74) is 7.54. The third kappa shape index (κ3) is 8.37. The summed E-state index contributed by atoms with van der Waals surface area (Å²) < 4.78 is 0. The summed E-state index contributed by atoms with van der Waals surface area (Å²) in [6.07, 6.45) is -1.83. The number of ketones is 2. The summed E-state index contributed by atoms with van der Waals surface area (Å²) in [6, 6.07) is 30.5. The summed E-state index contributed by atoms with van der Waals surface area (Å²) >= 11 is 0. The van der Waals surface area contributed by atoms with Gasteiger partial charge in [-0.2, -0.15) is 0 Å². The van der Waals surface area contributed by atoms with Crippen LogP contribution < -0.4 is 0 Å². The summed E-state index contributed by atoms with van der Waals surface area (Å²) in [7, 11) is 0. The molecule has 0 aliphatic rings. The number of hydrogen-bond donors (Lipinski definition) is 2. The maximum Gasteiger partial charge on any atom is 0.503 e. The first kappa shape index (κ1) is 27.7. The first-order valence-electron chi connectivity index (χ1n) is 11.4. The van der Waals surface area contributed by atoms with Crippen LogP contribution in [0.4, 0.5) is 4.79 Å². The summed E-state index contributed by atoms with van der Waals surface area (Å²) in [4.78, 5) is 32.9. The highest BCUT2D eigenvalue weighted by molar-refractivity contribution is 6.11. The van der Waals surface area contributed by atoms with Gasteiger partial charge in [-0.05, 0) is 38.8 Å². The Morgan fingerprint density at radius 3 is 1.28 bits per heavy atom. The van der Waals surface area contributed by atoms with Gasteiger partial charge in [0.2, 0.25) is 0 Å². The summed E-state index contributed by atoms with van der Waals surface area (Å²) in [6.45, 7) is 8.06. The van der Waals surface area contributed by atoms with Crippen molar-refractivity contribution in [2.75, 3.05) is 0 Å². The van der Waals surface area contributed by atoms with Crippen LogP contribution in [0.25, 0.3) is 0 Å². The molecule has 2 N–H and O–H groups in total. The molecule has 0 spiro atoms. The first-order valence-corrected chi connectivity index (χ1v) is 11.4. The number of aryl methyl sites for hydroxylation is 4. The van der Waals surface area contributed by atoms with Crippen LogP contribution in [0.5, 0.6) is 0 Å². The number of hydrogen-bond acceptors (Lipinski definition) is 3. The van der Waals surface area contributed by atoms with Crippen LogP contribution in [-0.2, 0) is 0 Å². The molecule has 0 heterocycles. The lowest BCUT2D eigenvalue weighted by molar-refractivity contribution is 0.103. The van der Waals surface area contributed by atoms with Gasteiger partial charge in [-0.25, -0.2) is 4.79 Å². The van der Waals surface area contributed by atoms with Crippen molar-refractivity contribution in [1.29, 1.82) is 0 Å². The van der Waals surface area contributed by atoms with Gasteiger partial charge in [0.15, 0.2) is 11.6 Å². The second-order valence-electron chi connectivity index (χ2n) is 8.31. The fraction of sp³-hybridized carbons (Fsp3) is 0.129. The number of rotatable bonds is 4. The lowest BCUT2D eigenvalue weighted by Crippen LogP contribution is -2.06. The van der Waals surface area contributed by atoms with Crippen LogP contribution in [0.2, 0.25) is 0 Å². The van der Waals surface area contributed by atoms with Crippen molar-refractivity contribution in [3.63, 3.8) is 0 Å². The lowest BCUT2D eigenvalue weighted by Gasteiger charge is -2.10. The molecule has 4 aromatic rings. The van der Waals surface area contributed by atoms with E-state index in [9.17, 15) is 9.59 Å². The van der Waals surface area contributed by atoms with E-state index < -0.39 is 6.16 Å². The molecule has 4 aromatic carbocycles. The fourth-order valence-corrected chi connectivity index (χ4v) is 3.73. The molecule has 36 heavy (non-hydrogen) atoms. The van der Waals surface area contributed by atoms with Crippen LogP contribution in [-0.4, -0.2) is 27.9 Å². The number of benzene rings is 4. The number of carbonyl (C=O) groups excluding carboxylic acids is 2. The van der Waals surface area contributed by atoms with E-state index in [1.807, 2.05) is 106 Å². The van der Waals surface area contributed by atoms with Crippen LogP contribution in [0.1, 0.15) is 54.1 Å². The molecule has 0 saturated heterocycles. The van der Waals surface area contributed by atoms with E-state index in [1.165, 1.54) is 11.1 Å². The molecule has 0 saturated carbocycles. The van der Waals surface area contributed by atoms with Crippen LogP contribution in [0.15, 0.2) is 97.1 Å². The molecule has 5 nitrogen and oxygen atoms in total. The Morgan fingerprint density at radius 2 is 0.861 bits per heavy atom. The van der Waals surface area contributed by atoms with E-state index in [-0.39, 0.29) is 11.6 Å². The van der Waals surface area contributed by atoms with Gasteiger partial charge in [0, 0.05) is 22.3 Å². The second-order valence-corrected chi connectivity index (χ2v) is 8.31. The Balaban J connectivity index is 0.000000222. The molecule has 0 aliphatic carbocycles. The number of carbonyl (C=O) groups is 3. The minimum atomic E-state index is -1.83. The third-order valence-corrected chi connectivity index (χ3v) is 5.29. The first-order chi connectivity index (χ1) is 17.1. The minimum absolute atomic E-state index is 0.0793. The fourth-order valence-electron chi connectivity index (χ4n) is 3.73. The van der Waals surface area contributed by atoms with Crippen molar-refractivity contribution < 1.29 is 24.6 Å². The molecular weight excluding hydrogens is 452 g/mol. The smallest absolute Gasteiger partial charge is 0.450 e. The van der Waals surface area contributed by atoms with Crippen molar-refractivity contribution >= 4 is 17.7 Å². The molecule has 0 aliphatic heterocycles. The average Bonchev–Trinajstić information content (AvgIpc) is 2.84. The largest absolute Gasteiger partial charge is 0.503 e. The van der Waals surface area contributed by atoms with Gasteiger partial charge in [-0.3, -0.25) is 9.59 Å². The maximum atomic E-state index is 12.4. The van der Waals surface area contributed by atoms with Crippen molar-refractivity contribution in [3.8, 4) is 0 Å². The highest BCUT2D eigenvalue weighted by Gasteiger charge is 2.14. The highest BCUT2D eigenvalue weighted by atomic mass is 16.6. The van der Waals surface area contributed by atoms with Crippen molar-refractivity contribution in [1.82, 2.24) is 0 Å². The predicted molar refractivity (Wildman–Crippen MR) is 142 cm³/mol. The van der Waals surface area contributed by atoms with E-state index in [1.54, 1.807) is 0 Å². The van der Waals surface area contributed by atoms with Gasteiger partial charge in [-0.15, -0.1) is 0 Å². The van der Waals surface area contributed by atoms with Crippen molar-refractivity contribution in [3.05, 3.63) is 142 Å². The minimum Gasteiger partial charge on any atom is -0.450 e. The molecular formula is C31H30O5. The molecule has 0 bridgehead atoms. The quantitative estimate of drug-likeness (QED) is 0.298. The Bertz CT molecular complexity index is 1280. The molecule has 4 rings (SSSR count). The van der Waals surface area contributed by atoms with Crippen LogP contribution in [0.3, 0.4) is 0 Å². The lowest BCUT2D eigenvalue weighted by atomic mass is 9.93. The van der Waals surface area contributed by atoms with E-state index >= 15 is 0 Å². The van der Waals surface area contributed by atoms with E-state index in [2.05, 4.69) is 19.1 Å². The van der Waals surface area contributed by atoms with Crippen molar-refractivity contribution in [2.24, 2.45) is 0 Å². The van der Waals surface area contributed by atoms with Gasteiger partial charge in [0.25, 0.3) is 0 Å². The monoisotopic (exact) mass is 482 g/mol. The van der Waals surface area contributed by atoms with Crippen LogP contribution >= 0.6 is 0 Å². The predicted octanol–water partition coefficient (Wildman–Crippen LogP) is 7.29. The van der Waals surface area contributed by atoms with Gasteiger partial charge >= 0.3 is 6.16 Å². The zero-order chi connectivity index (χ0) is 26.7. The van der Waals surface area contributed by atoms with Gasteiger partial charge in [0.05, 0.1) is 0 Å². The topological polar surface area (TPSA) is 91.7 Å². The van der Waals surface area contributed by atoms with Crippen molar-refractivity contribution in [2.45, 2.75) is 27.7 Å². The van der Waals surface area contributed by atoms with E-state index in [4.69, 9.17) is 15.0 Å². The molecule has 0 atom stereocenters. The standard InChI is InChI=1S/C16H16O.C14H12O.CH2O3/c1-11-9-12(2)15(13(3)10-11)16(17)14-7-5-4-6-8-14;1-11-7-9-13(10-8-11)14(15)12-5-3-2-4-6-12;2-1(3)4/h4-10H,1-3H3;2-10H,1H3;(H2,2,3,4). The molecule has 0 amide bonds. The molecule has 184 valence electrons. The normalized spacial score (nSPS) is 9.67. The van der Waals surface area contributed by atoms with Gasteiger partial charge < -0.3 is 10.2 Å². The third-order valence-electron chi connectivity index (χ3n) is 5.29. The van der Waals surface area contributed by atoms with E-state index in [0.29, 0.717) is 0 Å². The SMILES string of the molecule is Cc1cc(C)c(C(=O)c2ccccc2)c(C)c1.Cc1ccc(C(=O)c2ccccc2)cc1.O=C(O)O. The highest BCUT2D eigenvalue weighted by Crippen LogP contribution is 2.20. The molecule has 0 aromatic heterocycles. The van der Waals surface area contributed by atoms with E-state index in [0.717, 1.165) is 33.4 Å². The molecule has 0 unspecified atom stereocenters. The summed E-state index contributed by atoms with van der Waals surface area (Å²) in [5.74, 6) is 0.191. The molecule has 5 heteroatoms. The Morgan fingerprint density at radius 1 is 0.500 bits per heavy atom. The van der Waals surface area contributed by atoms with Gasteiger partial charge in [0.1, 0.15) is 0 Å². The molecule has 0 fully saturated rings. The zero-order valence-corrected chi connectivity index (χ0v) is 20.9. The Kier molecular flexibility index (Phi) is 10.3. The Hall–Kier alpha value is -4.51. The average molecular weight is 483 g/mol. The maximum absolute atomic E-state index is 12.4. The number of carboxylic acid groups (broad SMARTS) is 2.